The van der Waals surface area contributed by atoms with Gasteiger partial charge in [0.05, 0.1) is 7.11 Å². The number of nitrogen functional groups attached to an aromatic ring is 1. The van der Waals surface area contributed by atoms with Crippen LogP contribution >= 0.6 is 34.9 Å². The highest BCUT2D eigenvalue weighted by molar-refractivity contribution is 8.01. The SMILES string of the molecule is CO/N=C(\C(=O)N[C@@H]1C(=O)N2C(OC(=O)O)=C(CSc3nnc(C(=O)OC)n3C)CS[C@H]12)c1csc(N)n1. The Morgan fingerprint density at radius 2 is 2.11 bits per heavy atom. The lowest BCUT2D eigenvalue weighted by molar-refractivity contribution is -0.148. The minimum atomic E-state index is -1.60. The van der Waals surface area contributed by atoms with Gasteiger partial charge in [0.15, 0.2) is 16.0 Å². The van der Waals surface area contributed by atoms with Gasteiger partial charge in [-0.25, -0.2) is 14.6 Å². The number of rotatable bonds is 9. The summed E-state index contributed by atoms with van der Waals surface area (Å²) in [5, 5.41) is 24.8. The number of nitrogens with one attached hydrogen (secondary N) is 1. The quantitative estimate of drug-likeness (QED) is 0.117. The third kappa shape index (κ3) is 5.24. The van der Waals surface area contributed by atoms with Crippen LogP contribution in [0.4, 0.5) is 9.93 Å². The first-order valence-electron chi connectivity index (χ1n) is 10.5. The van der Waals surface area contributed by atoms with E-state index >= 15 is 0 Å². The molecule has 16 nitrogen and oxygen atoms in total. The van der Waals surface area contributed by atoms with Crippen LogP contribution in [0.15, 0.2) is 27.1 Å². The zero-order valence-electron chi connectivity index (χ0n) is 19.9. The first kappa shape index (κ1) is 27.2. The molecule has 4 rings (SSSR count). The standard InChI is InChI=1S/C19H20N8O8S3/c1-26-11(16(30)33-2)23-24-18(26)38-5-7-4-36-15-10(13(29)27(15)14(7)35-19(31)32)22-12(28)9(25-34-3)8-6-37-17(20)21-8/h6,10,15H,4-5H2,1-3H3,(H2,20,21)(H,22,28)(H,31,32)/b25-9-/t10-,15-/m1/s1. The lowest BCUT2D eigenvalue weighted by Gasteiger charge is -2.49. The summed E-state index contributed by atoms with van der Waals surface area (Å²) in [6.45, 7) is 0. The summed E-state index contributed by atoms with van der Waals surface area (Å²) in [5.41, 5.74) is 6.15. The predicted octanol–water partition coefficient (Wildman–Crippen LogP) is 0.0893. The predicted molar refractivity (Wildman–Crippen MR) is 134 cm³/mol. The molecule has 4 N–H and O–H groups in total. The van der Waals surface area contributed by atoms with Gasteiger partial charge >= 0.3 is 12.1 Å². The van der Waals surface area contributed by atoms with Crippen molar-refractivity contribution in [3.63, 3.8) is 0 Å². The number of nitrogens with two attached hydrogens (primary N) is 1. The summed E-state index contributed by atoms with van der Waals surface area (Å²) in [6.07, 6.45) is -1.60. The van der Waals surface area contributed by atoms with Crippen molar-refractivity contribution in [2.24, 2.45) is 12.2 Å². The van der Waals surface area contributed by atoms with Gasteiger partial charge in [0.2, 0.25) is 11.7 Å². The number of hydrogen-bond donors (Lipinski definition) is 3. The number of esters is 1. The summed E-state index contributed by atoms with van der Waals surface area (Å²) in [7, 11) is 4.06. The Kier molecular flexibility index (Phi) is 8.07. The van der Waals surface area contributed by atoms with Crippen LogP contribution in [0.1, 0.15) is 16.3 Å². The van der Waals surface area contributed by atoms with Gasteiger partial charge in [0.25, 0.3) is 11.8 Å². The minimum Gasteiger partial charge on any atom is -0.463 e. The monoisotopic (exact) mass is 584 g/mol. The molecule has 2 aromatic rings. The van der Waals surface area contributed by atoms with Crippen molar-refractivity contribution < 1.29 is 38.6 Å². The number of anilines is 1. The zero-order valence-corrected chi connectivity index (χ0v) is 22.4. The van der Waals surface area contributed by atoms with Gasteiger partial charge in [-0.3, -0.25) is 19.1 Å². The van der Waals surface area contributed by atoms with E-state index in [1.165, 1.54) is 52.6 Å². The maximum Gasteiger partial charge on any atom is 0.512 e. The average Bonchev–Trinajstić information content (AvgIpc) is 3.48. The van der Waals surface area contributed by atoms with Crippen molar-refractivity contribution >= 4 is 69.6 Å². The normalized spacial score (nSPS) is 19.0. The number of thioether (sulfide) groups is 2. The Morgan fingerprint density at radius 1 is 1.34 bits per heavy atom. The molecule has 0 unspecified atom stereocenters. The van der Waals surface area contributed by atoms with Gasteiger partial charge in [-0.1, -0.05) is 16.9 Å². The van der Waals surface area contributed by atoms with Gasteiger partial charge in [-0.05, 0) is 0 Å². The van der Waals surface area contributed by atoms with E-state index in [0.29, 0.717) is 16.5 Å². The third-order valence-corrected chi connectivity index (χ3v) is 8.32. The van der Waals surface area contributed by atoms with E-state index in [4.69, 9.17) is 15.3 Å². The fraction of sp³-hybridized carbons (Fsp3) is 0.368. The van der Waals surface area contributed by atoms with E-state index in [-0.39, 0.29) is 34.0 Å². The third-order valence-electron chi connectivity index (χ3n) is 5.20. The van der Waals surface area contributed by atoms with Gasteiger partial charge < -0.3 is 30.5 Å². The molecule has 0 saturated carbocycles. The molecule has 0 bridgehead atoms. The molecule has 202 valence electrons. The van der Waals surface area contributed by atoms with Crippen LogP contribution < -0.4 is 11.1 Å². The number of amides is 2. The average molecular weight is 585 g/mol. The second-order valence-electron chi connectivity index (χ2n) is 7.48. The molecule has 1 fully saturated rings. The fourth-order valence-corrected chi connectivity index (χ4v) is 6.38. The molecule has 19 heteroatoms. The van der Waals surface area contributed by atoms with Crippen LogP contribution in [-0.4, -0.2) is 96.5 Å². The molecule has 2 atom stereocenters. The molecule has 0 spiro atoms. The number of ether oxygens (including phenoxy) is 2. The molecular weight excluding hydrogens is 564 g/mol. The molecular formula is C19H20N8O8S3. The number of β-lactam (4-membered cyclic amide) rings is 1. The molecule has 2 amide bonds. The molecule has 2 aromatic heterocycles. The number of carboxylic acid groups (broad SMARTS) is 1. The topological polar surface area (TPSA) is 213 Å². The maximum absolute atomic E-state index is 13.0. The van der Waals surface area contributed by atoms with Crippen LogP contribution in [0.25, 0.3) is 0 Å². The number of thiazole rings is 1. The fourth-order valence-electron chi connectivity index (χ4n) is 3.47. The number of oxime groups is 1. The summed E-state index contributed by atoms with van der Waals surface area (Å²) < 4.78 is 11.1. The number of carbonyl (C=O) groups excluding carboxylic acids is 3. The van der Waals surface area contributed by atoms with Gasteiger partial charge in [0.1, 0.15) is 24.2 Å². The number of hydrogen-bond acceptors (Lipinski definition) is 15. The van der Waals surface area contributed by atoms with Crippen molar-refractivity contribution in [1.82, 2.24) is 30.0 Å². The molecule has 0 radical (unpaired) electrons. The van der Waals surface area contributed by atoms with Gasteiger partial charge in [-0.15, -0.1) is 33.3 Å². The zero-order chi connectivity index (χ0) is 27.6. The lowest BCUT2D eigenvalue weighted by Crippen LogP contribution is -2.70. The molecule has 38 heavy (non-hydrogen) atoms. The van der Waals surface area contributed by atoms with Crippen molar-refractivity contribution in [2.45, 2.75) is 16.6 Å². The van der Waals surface area contributed by atoms with E-state index in [1.54, 1.807) is 7.05 Å². The molecule has 2 aliphatic rings. The van der Waals surface area contributed by atoms with E-state index in [1.807, 2.05) is 0 Å². The largest absolute Gasteiger partial charge is 0.512 e. The second-order valence-corrected chi connectivity index (χ2v) is 10.4. The van der Waals surface area contributed by atoms with Crippen molar-refractivity contribution in [3.05, 3.63) is 28.4 Å². The second kappa shape index (κ2) is 11.3. The van der Waals surface area contributed by atoms with Crippen LogP contribution in [0.2, 0.25) is 0 Å². The number of methoxy groups -OCH3 is 1. The number of aromatic nitrogens is 4. The highest BCUT2D eigenvalue weighted by atomic mass is 32.2. The van der Waals surface area contributed by atoms with Crippen molar-refractivity contribution in [2.75, 3.05) is 31.5 Å². The van der Waals surface area contributed by atoms with E-state index in [0.717, 1.165) is 11.3 Å². The number of fused-ring (bicyclic) bond motifs is 1. The van der Waals surface area contributed by atoms with Crippen LogP contribution in [0.5, 0.6) is 0 Å². The highest BCUT2D eigenvalue weighted by Gasteiger charge is 2.54. The Balaban J connectivity index is 1.50. The smallest absolute Gasteiger partial charge is 0.463 e. The first-order valence-corrected chi connectivity index (χ1v) is 13.4. The van der Waals surface area contributed by atoms with E-state index in [9.17, 15) is 24.3 Å². The molecule has 4 heterocycles. The summed E-state index contributed by atoms with van der Waals surface area (Å²) in [6, 6.07) is -0.978. The first-order chi connectivity index (χ1) is 18.2. The number of nitrogens with zero attached hydrogens (tertiary/aromatic N) is 6. The molecule has 0 aliphatic carbocycles. The Morgan fingerprint density at radius 3 is 2.74 bits per heavy atom. The van der Waals surface area contributed by atoms with Crippen molar-refractivity contribution in [3.8, 4) is 0 Å². The van der Waals surface area contributed by atoms with Crippen LogP contribution in [-0.2, 0) is 30.9 Å². The molecule has 1 saturated heterocycles. The van der Waals surface area contributed by atoms with Crippen LogP contribution in [0.3, 0.4) is 0 Å². The minimum absolute atomic E-state index is 0.00250. The Hall–Kier alpha value is -3.84. The summed E-state index contributed by atoms with van der Waals surface area (Å²) >= 11 is 3.58. The molecule has 2 aliphatic heterocycles. The van der Waals surface area contributed by atoms with E-state index < -0.39 is 35.4 Å². The lowest BCUT2D eigenvalue weighted by atomic mass is 10.1. The van der Waals surface area contributed by atoms with Gasteiger partial charge in [-0.2, -0.15) is 0 Å². The van der Waals surface area contributed by atoms with E-state index in [2.05, 4.69) is 30.4 Å². The molecule has 0 aromatic carbocycles. The van der Waals surface area contributed by atoms with Gasteiger partial charge in [0, 0.05) is 29.5 Å². The van der Waals surface area contributed by atoms with Crippen molar-refractivity contribution in [1.29, 1.82) is 0 Å². The summed E-state index contributed by atoms with van der Waals surface area (Å²) in [5.74, 6) is -1.62. The maximum atomic E-state index is 13.0. The summed E-state index contributed by atoms with van der Waals surface area (Å²) in [4.78, 5) is 59.0. The Labute approximate surface area is 226 Å². The number of carbonyl (C=O) groups is 4. The highest BCUT2D eigenvalue weighted by Crippen LogP contribution is 2.42. The van der Waals surface area contributed by atoms with Crippen LogP contribution in [0, 0.1) is 0 Å². The Bertz CT molecular complexity index is 1360.